The third-order valence-corrected chi connectivity index (χ3v) is 7.40. The first-order valence-electron chi connectivity index (χ1n) is 11.4. The van der Waals surface area contributed by atoms with Crippen LogP contribution in [0.1, 0.15) is 32.6 Å². The third-order valence-electron chi connectivity index (χ3n) is 7.40. The molecule has 2 saturated heterocycles. The van der Waals surface area contributed by atoms with Crippen LogP contribution in [-0.4, -0.2) is 96.9 Å². The maximum atomic E-state index is 12.9. The molecule has 0 radical (unpaired) electrons. The number of piperidine rings is 1. The van der Waals surface area contributed by atoms with E-state index in [1.807, 2.05) is 11.9 Å². The van der Waals surface area contributed by atoms with Gasteiger partial charge in [0.05, 0.1) is 6.54 Å². The van der Waals surface area contributed by atoms with Gasteiger partial charge in [-0.2, -0.15) is 0 Å². The van der Waals surface area contributed by atoms with Crippen molar-refractivity contribution in [2.45, 2.75) is 38.6 Å². The first-order valence-corrected chi connectivity index (χ1v) is 11.4. The van der Waals surface area contributed by atoms with Crippen molar-refractivity contribution >= 4 is 11.8 Å². The summed E-state index contributed by atoms with van der Waals surface area (Å²) in [5.74, 6) is 1.62. The Hall–Kier alpha value is -1.66. The van der Waals surface area contributed by atoms with Crippen LogP contribution in [-0.2, 0) is 9.59 Å². The van der Waals surface area contributed by atoms with E-state index in [0.29, 0.717) is 24.4 Å². The van der Waals surface area contributed by atoms with Crippen LogP contribution in [0, 0.1) is 11.8 Å². The van der Waals surface area contributed by atoms with Gasteiger partial charge in [0.1, 0.15) is 0 Å². The van der Waals surface area contributed by atoms with Crippen LogP contribution in [0.3, 0.4) is 0 Å². The average molecular weight is 401 g/mol. The highest BCUT2D eigenvalue weighted by Gasteiger charge is 2.39. The number of amides is 2. The highest BCUT2D eigenvalue weighted by molar-refractivity contribution is 5.95. The van der Waals surface area contributed by atoms with Crippen molar-refractivity contribution in [1.82, 2.24) is 19.6 Å². The van der Waals surface area contributed by atoms with Gasteiger partial charge in [-0.15, -0.1) is 0 Å². The van der Waals surface area contributed by atoms with E-state index >= 15 is 0 Å². The number of likely N-dealkylation sites (N-methyl/N-ethyl adjacent to an activating group) is 1. The minimum absolute atomic E-state index is 0.249. The van der Waals surface area contributed by atoms with Crippen LogP contribution in [0.25, 0.3) is 0 Å². The minimum atomic E-state index is 0.249. The van der Waals surface area contributed by atoms with E-state index in [-0.39, 0.29) is 11.8 Å². The monoisotopic (exact) mass is 400 g/mol. The first kappa shape index (κ1) is 20.6. The Labute approximate surface area is 175 Å². The standard InChI is InChI=1S/C23H36N4O2/c1-3-24(2)17-22(28)26-14-12-25(13-15-26)19-8-10-27(11-9-19)23(29)21-16-18-6-4-5-7-20(18)21/h4-5,16,18-20H,3,6-15,17H2,1-2H3. The summed E-state index contributed by atoms with van der Waals surface area (Å²) in [7, 11) is 1.99. The Bertz CT molecular complexity index is 672. The maximum Gasteiger partial charge on any atom is 0.249 e. The van der Waals surface area contributed by atoms with Gasteiger partial charge in [-0.1, -0.05) is 25.2 Å². The van der Waals surface area contributed by atoms with Gasteiger partial charge < -0.3 is 9.80 Å². The molecule has 2 unspecified atom stereocenters. The summed E-state index contributed by atoms with van der Waals surface area (Å²) < 4.78 is 0. The molecular weight excluding hydrogens is 364 g/mol. The zero-order chi connectivity index (χ0) is 20.4. The molecule has 0 spiro atoms. The Balaban J connectivity index is 1.21. The van der Waals surface area contributed by atoms with Crippen LogP contribution in [0.15, 0.2) is 23.8 Å². The topological polar surface area (TPSA) is 47.1 Å². The molecule has 4 aliphatic rings. The van der Waals surface area contributed by atoms with Gasteiger partial charge in [-0.05, 0) is 51.1 Å². The lowest BCUT2D eigenvalue weighted by Gasteiger charge is -2.44. The largest absolute Gasteiger partial charge is 0.339 e. The van der Waals surface area contributed by atoms with Crippen LogP contribution < -0.4 is 0 Å². The summed E-state index contributed by atoms with van der Waals surface area (Å²) in [6, 6.07) is 0.551. The Kier molecular flexibility index (Phi) is 6.40. The van der Waals surface area contributed by atoms with E-state index in [0.717, 1.165) is 77.1 Å². The second kappa shape index (κ2) is 9.00. The molecule has 2 amide bonds. The van der Waals surface area contributed by atoms with Crippen molar-refractivity contribution in [2.75, 3.05) is 59.4 Å². The van der Waals surface area contributed by atoms with Crippen LogP contribution >= 0.6 is 0 Å². The fourth-order valence-electron chi connectivity index (χ4n) is 5.24. The summed E-state index contributed by atoms with van der Waals surface area (Å²) in [6.45, 7) is 8.82. The molecular formula is C23H36N4O2. The highest BCUT2D eigenvalue weighted by atomic mass is 16.2. The van der Waals surface area contributed by atoms with E-state index < -0.39 is 0 Å². The smallest absolute Gasteiger partial charge is 0.249 e. The van der Waals surface area contributed by atoms with E-state index in [1.54, 1.807) is 0 Å². The number of carbonyl (C=O) groups is 2. The molecule has 0 aromatic rings. The molecule has 0 saturated carbocycles. The SMILES string of the molecule is CCN(C)CC(=O)N1CCN(C2CCN(C(=O)C3=CC4CC=CCC34)CC2)CC1. The van der Waals surface area contributed by atoms with Crippen molar-refractivity contribution in [3.8, 4) is 0 Å². The van der Waals surface area contributed by atoms with Gasteiger partial charge in [0, 0.05) is 50.9 Å². The quantitative estimate of drug-likeness (QED) is 0.658. The number of carbonyl (C=O) groups excluding carboxylic acids is 2. The van der Waals surface area contributed by atoms with Gasteiger partial charge in [0.2, 0.25) is 11.8 Å². The first-order chi connectivity index (χ1) is 14.1. The molecule has 0 bridgehead atoms. The number of rotatable bonds is 5. The molecule has 2 fully saturated rings. The predicted octanol–water partition coefficient (Wildman–Crippen LogP) is 1.60. The van der Waals surface area contributed by atoms with E-state index in [1.165, 1.54) is 0 Å². The van der Waals surface area contributed by atoms with Gasteiger partial charge in [0.15, 0.2) is 0 Å². The lowest BCUT2D eigenvalue weighted by molar-refractivity contribution is -0.135. The lowest BCUT2D eigenvalue weighted by atomic mass is 9.68. The minimum Gasteiger partial charge on any atom is -0.339 e. The second-order valence-corrected chi connectivity index (χ2v) is 9.11. The predicted molar refractivity (Wildman–Crippen MR) is 114 cm³/mol. The van der Waals surface area contributed by atoms with Crippen LogP contribution in [0.4, 0.5) is 0 Å². The summed E-state index contributed by atoms with van der Waals surface area (Å²) in [4.78, 5) is 34.0. The molecule has 0 aromatic carbocycles. The molecule has 160 valence electrons. The maximum absolute atomic E-state index is 12.9. The average Bonchev–Trinajstić information content (AvgIpc) is 2.74. The normalized spacial score (nSPS) is 28.2. The van der Waals surface area contributed by atoms with Gasteiger partial charge in [0.25, 0.3) is 0 Å². The third kappa shape index (κ3) is 4.43. The number of nitrogens with zero attached hydrogens (tertiary/aromatic N) is 4. The second-order valence-electron chi connectivity index (χ2n) is 9.11. The zero-order valence-corrected chi connectivity index (χ0v) is 18.1. The summed E-state index contributed by atoms with van der Waals surface area (Å²) in [5, 5.41) is 0. The van der Waals surface area contributed by atoms with Crippen molar-refractivity contribution in [3.05, 3.63) is 23.8 Å². The molecule has 2 atom stereocenters. The van der Waals surface area contributed by atoms with E-state index in [9.17, 15) is 9.59 Å². The Morgan fingerprint density at radius 2 is 1.69 bits per heavy atom. The van der Waals surface area contributed by atoms with Crippen molar-refractivity contribution in [3.63, 3.8) is 0 Å². The number of piperazine rings is 1. The van der Waals surface area contributed by atoms with Crippen molar-refractivity contribution in [1.29, 1.82) is 0 Å². The van der Waals surface area contributed by atoms with Gasteiger partial charge in [-0.3, -0.25) is 19.4 Å². The van der Waals surface area contributed by atoms with E-state index in [2.05, 4.69) is 39.9 Å². The van der Waals surface area contributed by atoms with Crippen LogP contribution in [0.2, 0.25) is 0 Å². The van der Waals surface area contributed by atoms with Crippen molar-refractivity contribution < 1.29 is 9.59 Å². The molecule has 0 N–H and O–H groups in total. The molecule has 4 rings (SSSR count). The number of hydrogen-bond acceptors (Lipinski definition) is 4. The van der Waals surface area contributed by atoms with E-state index in [4.69, 9.17) is 0 Å². The highest BCUT2D eigenvalue weighted by Crippen LogP contribution is 2.42. The number of likely N-dealkylation sites (tertiary alicyclic amines) is 1. The fraction of sp³-hybridized carbons (Fsp3) is 0.739. The fourth-order valence-corrected chi connectivity index (χ4v) is 5.24. The Morgan fingerprint density at radius 1 is 1.00 bits per heavy atom. The summed E-state index contributed by atoms with van der Waals surface area (Å²) in [6.07, 6.45) is 11.0. The number of allylic oxidation sites excluding steroid dienone is 3. The molecule has 2 heterocycles. The molecule has 6 heteroatoms. The molecule has 2 aliphatic heterocycles. The van der Waals surface area contributed by atoms with Crippen molar-refractivity contribution in [2.24, 2.45) is 11.8 Å². The molecule has 2 aliphatic carbocycles. The number of fused-ring (bicyclic) bond motifs is 1. The summed E-state index contributed by atoms with van der Waals surface area (Å²) >= 11 is 0. The van der Waals surface area contributed by atoms with Crippen LogP contribution in [0.5, 0.6) is 0 Å². The van der Waals surface area contributed by atoms with Gasteiger partial charge in [-0.25, -0.2) is 0 Å². The zero-order valence-electron chi connectivity index (χ0n) is 18.1. The summed E-state index contributed by atoms with van der Waals surface area (Å²) in [5.41, 5.74) is 1.07. The van der Waals surface area contributed by atoms with Gasteiger partial charge >= 0.3 is 0 Å². The Morgan fingerprint density at radius 3 is 2.34 bits per heavy atom. The molecule has 0 aromatic heterocycles. The molecule has 6 nitrogen and oxygen atoms in total. The lowest BCUT2D eigenvalue weighted by Crippen LogP contribution is -2.56. The number of hydrogen-bond donors (Lipinski definition) is 0. The molecule has 29 heavy (non-hydrogen) atoms.